The number of halogens is 1. The minimum atomic E-state index is -0.919. The Morgan fingerprint density at radius 2 is 2.00 bits per heavy atom. The average molecular weight is 394 g/mol. The van der Waals surface area contributed by atoms with Crippen molar-refractivity contribution >= 4 is 5.97 Å². The second-order valence-corrected chi connectivity index (χ2v) is 7.46. The van der Waals surface area contributed by atoms with Gasteiger partial charge in [-0.1, -0.05) is 30.7 Å². The molecule has 0 bridgehead atoms. The highest BCUT2D eigenvalue weighted by Crippen LogP contribution is 2.32. The van der Waals surface area contributed by atoms with Gasteiger partial charge in [0.25, 0.3) is 0 Å². The zero-order valence-corrected chi connectivity index (χ0v) is 16.1. The lowest BCUT2D eigenvalue weighted by molar-refractivity contribution is 0.0697. The summed E-state index contributed by atoms with van der Waals surface area (Å²) >= 11 is 0. The van der Waals surface area contributed by atoms with Gasteiger partial charge < -0.3 is 9.52 Å². The molecule has 2 heterocycles. The van der Waals surface area contributed by atoms with Gasteiger partial charge in [-0.3, -0.25) is 4.90 Å². The molecule has 2 aromatic carbocycles. The van der Waals surface area contributed by atoms with Crippen LogP contribution >= 0.6 is 0 Å². The van der Waals surface area contributed by atoms with Gasteiger partial charge in [0, 0.05) is 13.0 Å². The van der Waals surface area contributed by atoms with E-state index in [-0.39, 0.29) is 11.9 Å². The SMILES string of the molecule is O=C(O)c1ccc(CN2CCCC[C@@H]2c2ncc(Cc3cccc(F)c3)o2)cc1. The second-order valence-electron chi connectivity index (χ2n) is 7.46. The number of nitrogens with zero attached hydrogens (tertiary/aromatic N) is 2. The maximum Gasteiger partial charge on any atom is 0.335 e. The number of carboxylic acid groups (broad SMARTS) is 1. The molecular formula is C23H23FN2O3. The lowest BCUT2D eigenvalue weighted by Gasteiger charge is -2.33. The van der Waals surface area contributed by atoms with Gasteiger partial charge in [-0.15, -0.1) is 0 Å². The first-order chi connectivity index (χ1) is 14.1. The molecule has 0 spiro atoms. The topological polar surface area (TPSA) is 66.6 Å². The Labute approximate surface area is 168 Å². The fourth-order valence-corrected chi connectivity index (χ4v) is 3.85. The minimum absolute atomic E-state index is 0.0872. The molecule has 3 aromatic rings. The number of aromatic carboxylic acids is 1. The first-order valence-electron chi connectivity index (χ1n) is 9.84. The maximum atomic E-state index is 13.4. The summed E-state index contributed by atoms with van der Waals surface area (Å²) in [6, 6.07) is 13.6. The number of hydrogen-bond donors (Lipinski definition) is 1. The zero-order valence-electron chi connectivity index (χ0n) is 16.1. The molecule has 1 aliphatic rings. The molecule has 1 atom stereocenters. The summed E-state index contributed by atoms with van der Waals surface area (Å²) in [5.74, 6) is 0.243. The fourth-order valence-electron chi connectivity index (χ4n) is 3.85. The number of benzene rings is 2. The molecule has 1 aromatic heterocycles. The van der Waals surface area contributed by atoms with E-state index in [2.05, 4.69) is 9.88 Å². The average Bonchev–Trinajstić information content (AvgIpc) is 3.17. The van der Waals surface area contributed by atoms with E-state index >= 15 is 0 Å². The van der Waals surface area contributed by atoms with Crippen LogP contribution in [-0.4, -0.2) is 27.5 Å². The third-order valence-electron chi connectivity index (χ3n) is 5.32. The van der Waals surface area contributed by atoms with Crippen LogP contribution in [0.25, 0.3) is 0 Å². The number of oxazole rings is 1. The molecule has 1 aliphatic heterocycles. The van der Waals surface area contributed by atoms with Crippen LogP contribution < -0.4 is 0 Å². The number of aromatic nitrogens is 1. The van der Waals surface area contributed by atoms with Crippen molar-refractivity contribution in [1.82, 2.24) is 9.88 Å². The van der Waals surface area contributed by atoms with Gasteiger partial charge in [-0.05, 0) is 54.8 Å². The van der Waals surface area contributed by atoms with Gasteiger partial charge in [-0.2, -0.15) is 0 Å². The summed E-state index contributed by atoms with van der Waals surface area (Å²) in [4.78, 5) is 17.9. The highest BCUT2D eigenvalue weighted by atomic mass is 19.1. The normalized spacial score (nSPS) is 17.3. The van der Waals surface area contributed by atoms with Crippen LogP contribution in [0, 0.1) is 5.82 Å². The van der Waals surface area contributed by atoms with Gasteiger partial charge in [-0.25, -0.2) is 14.2 Å². The second kappa shape index (κ2) is 8.57. The summed E-state index contributed by atoms with van der Waals surface area (Å²) < 4.78 is 19.4. The van der Waals surface area contributed by atoms with Crippen LogP contribution in [-0.2, 0) is 13.0 Å². The molecule has 6 heteroatoms. The number of rotatable bonds is 6. The summed E-state index contributed by atoms with van der Waals surface area (Å²) in [6.07, 6.45) is 5.43. The predicted molar refractivity (Wildman–Crippen MR) is 106 cm³/mol. The van der Waals surface area contributed by atoms with Gasteiger partial charge in [0.15, 0.2) is 0 Å². The van der Waals surface area contributed by atoms with Crippen LogP contribution in [0.1, 0.15) is 58.4 Å². The van der Waals surface area contributed by atoms with E-state index in [1.165, 1.54) is 12.1 Å². The van der Waals surface area contributed by atoms with E-state index < -0.39 is 5.97 Å². The Balaban J connectivity index is 1.47. The zero-order chi connectivity index (χ0) is 20.2. The molecule has 0 amide bonds. The van der Waals surface area contributed by atoms with E-state index in [1.807, 2.05) is 18.2 Å². The molecule has 4 rings (SSSR count). The Hall–Kier alpha value is -2.99. The third-order valence-corrected chi connectivity index (χ3v) is 5.32. The van der Waals surface area contributed by atoms with Crippen LogP contribution in [0.3, 0.4) is 0 Å². The van der Waals surface area contributed by atoms with Gasteiger partial charge >= 0.3 is 5.97 Å². The van der Waals surface area contributed by atoms with E-state index in [4.69, 9.17) is 9.52 Å². The largest absolute Gasteiger partial charge is 0.478 e. The van der Waals surface area contributed by atoms with Crippen molar-refractivity contribution in [3.05, 3.63) is 88.9 Å². The molecule has 1 saturated heterocycles. The first-order valence-corrected chi connectivity index (χ1v) is 9.84. The first kappa shape index (κ1) is 19.3. The lowest BCUT2D eigenvalue weighted by Crippen LogP contribution is -2.33. The lowest BCUT2D eigenvalue weighted by atomic mass is 10.0. The van der Waals surface area contributed by atoms with E-state index in [0.29, 0.717) is 24.4 Å². The van der Waals surface area contributed by atoms with Gasteiger partial charge in [0.05, 0.1) is 17.8 Å². The van der Waals surface area contributed by atoms with Crippen LogP contribution in [0.5, 0.6) is 0 Å². The molecule has 0 saturated carbocycles. The Kier molecular flexibility index (Phi) is 5.71. The molecule has 0 aliphatic carbocycles. The van der Waals surface area contributed by atoms with Crippen molar-refractivity contribution in [2.75, 3.05) is 6.54 Å². The molecule has 0 radical (unpaired) electrons. The summed E-state index contributed by atoms with van der Waals surface area (Å²) in [5.41, 5.74) is 2.21. The summed E-state index contributed by atoms with van der Waals surface area (Å²) in [7, 11) is 0. The number of likely N-dealkylation sites (tertiary alicyclic amines) is 1. The van der Waals surface area contributed by atoms with Gasteiger partial charge in [0.1, 0.15) is 11.6 Å². The number of carbonyl (C=O) groups is 1. The minimum Gasteiger partial charge on any atom is -0.478 e. The molecule has 1 N–H and O–H groups in total. The number of piperidine rings is 1. The van der Waals surface area contributed by atoms with Crippen molar-refractivity contribution in [3.63, 3.8) is 0 Å². The van der Waals surface area contributed by atoms with Gasteiger partial charge in [0.2, 0.25) is 5.89 Å². The quantitative estimate of drug-likeness (QED) is 0.649. The highest BCUT2D eigenvalue weighted by Gasteiger charge is 2.28. The standard InChI is InChI=1S/C23H23FN2O3/c24-19-5-3-4-17(12-19)13-20-14-25-22(29-20)21-6-1-2-11-26(21)15-16-7-9-18(10-8-16)23(27)28/h3-5,7-10,12,14,21H,1-2,6,11,13,15H2,(H,27,28)/t21-/m1/s1. The van der Waals surface area contributed by atoms with Crippen molar-refractivity contribution in [2.24, 2.45) is 0 Å². The van der Waals surface area contributed by atoms with Crippen molar-refractivity contribution < 1.29 is 18.7 Å². The van der Waals surface area contributed by atoms with Crippen LogP contribution in [0.15, 0.2) is 59.1 Å². The molecule has 0 unspecified atom stereocenters. The smallest absolute Gasteiger partial charge is 0.335 e. The highest BCUT2D eigenvalue weighted by molar-refractivity contribution is 5.87. The number of carboxylic acids is 1. The van der Waals surface area contributed by atoms with E-state index in [9.17, 15) is 9.18 Å². The van der Waals surface area contributed by atoms with Crippen molar-refractivity contribution in [1.29, 1.82) is 0 Å². The Bertz CT molecular complexity index is 984. The monoisotopic (exact) mass is 394 g/mol. The molecular weight excluding hydrogens is 371 g/mol. The van der Waals surface area contributed by atoms with E-state index in [1.54, 1.807) is 24.4 Å². The summed E-state index contributed by atoms with van der Waals surface area (Å²) in [5, 5.41) is 9.06. The molecule has 29 heavy (non-hydrogen) atoms. The maximum absolute atomic E-state index is 13.4. The van der Waals surface area contributed by atoms with Crippen LogP contribution in [0.2, 0.25) is 0 Å². The van der Waals surface area contributed by atoms with Crippen molar-refractivity contribution in [2.45, 2.75) is 38.3 Å². The molecule has 1 fully saturated rings. The predicted octanol–water partition coefficient (Wildman–Crippen LogP) is 4.83. The third kappa shape index (κ3) is 4.71. The van der Waals surface area contributed by atoms with E-state index in [0.717, 1.165) is 42.7 Å². The molecule has 5 nitrogen and oxygen atoms in total. The Morgan fingerprint density at radius 1 is 1.17 bits per heavy atom. The molecule has 150 valence electrons. The summed E-state index contributed by atoms with van der Waals surface area (Å²) in [6.45, 7) is 1.65. The Morgan fingerprint density at radius 3 is 2.76 bits per heavy atom. The van der Waals surface area contributed by atoms with Crippen molar-refractivity contribution in [3.8, 4) is 0 Å². The van der Waals surface area contributed by atoms with Crippen LogP contribution in [0.4, 0.5) is 4.39 Å². The number of hydrogen-bond acceptors (Lipinski definition) is 4. The fraction of sp³-hybridized carbons (Fsp3) is 0.304.